The smallest absolute Gasteiger partial charge is 0.150 e. The minimum absolute atomic E-state index is 0.794. The zero-order valence-corrected chi connectivity index (χ0v) is 14.1. The first-order valence-corrected chi connectivity index (χ1v) is 8.79. The van der Waals surface area contributed by atoms with Crippen molar-refractivity contribution in [3.63, 3.8) is 0 Å². The average Bonchev–Trinajstić information content (AvgIpc) is 2.92. The number of nitrogens with zero attached hydrogens (tertiary/aromatic N) is 1. The Bertz CT molecular complexity index is 829. The number of aldehydes is 1. The number of carbonyl (C=O) groups is 1. The van der Waals surface area contributed by atoms with Gasteiger partial charge in [-0.3, -0.25) is 4.79 Å². The predicted molar refractivity (Wildman–Crippen MR) is 98.4 cm³/mol. The summed E-state index contributed by atoms with van der Waals surface area (Å²) in [5, 5.41) is 2.47. The van der Waals surface area contributed by atoms with Crippen LogP contribution in [0.15, 0.2) is 36.4 Å². The number of benzene rings is 2. The van der Waals surface area contributed by atoms with Gasteiger partial charge in [-0.25, -0.2) is 0 Å². The van der Waals surface area contributed by atoms with Crippen molar-refractivity contribution < 1.29 is 4.79 Å². The lowest BCUT2D eigenvalue weighted by atomic mass is 10.00. The fraction of sp³-hybridized carbons (Fsp3) is 0.381. The molecule has 1 aromatic heterocycles. The van der Waals surface area contributed by atoms with Gasteiger partial charge in [0, 0.05) is 28.4 Å². The number of fused-ring (bicyclic) bond motifs is 3. The first kappa shape index (κ1) is 15.8. The number of hydrogen-bond acceptors (Lipinski definition) is 1. The monoisotopic (exact) mass is 307 g/mol. The molecule has 3 aromatic rings. The first-order valence-electron chi connectivity index (χ1n) is 8.79. The first-order chi connectivity index (χ1) is 11.3. The molecule has 0 aliphatic rings. The molecule has 3 rings (SSSR count). The molecule has 0 saturated carbocycles. The second-order valence-corrected chi connectivity index (χ2v) is 6.27. The van der Waals surface area contributed by atoms with Crippen LogP contribution < -0.4 is 0 Å². The normalized spacial score (nSPS) is 11.4. The van der Waals surface area contributed by atoms with Crippen LogP contribution in [-0.4, -0.2) is 10.9 Å². The highest BCUT2D eigenvalue weighted by Crippen LogP contribution is 2.32. The van der Waals surface area contributed by atoms with Gasteiger partial charge in [-0.05, 0) is 43.5 Å². The van der Waals surface area contributed by atoms with Crippen molar-refractivity contribution in [3.8, 4) is 0 Å². The van der Waals surface area contributed by atoms with Crippen LogP contribution >= 0.6 is 0 Å². The summed E-state index contributed by atoms with van der Waals surface area (Å²) >= 11 is 0. The van der Waals surface area contributed by atoms with Crippen LogP contribution in [0.5, 0.6) is 0 Å². The van der Waals surface area contributed by atoms with Crippen LogP contribution in [0.3, 0.4) is 0 Å². The number of para-hydroxylation sites is 1. The van der Waals surface area contributed by atoms with E-state index in [2.05, 4.69) is 48.7 Å². The van der Waals surface area contributed by atoms with E-state index < -0.39 is 0 Å². The van der Waals surface area contributed by atoms with Crippen molar-refractivity contribution in [3.05, 3.63) is 47.5 Å². The summed E-state index contributed by atoms with van der Waals surface area (Å²) in [6.07, 6.45) is 7.01. The summed E-state index contributed by atoms with van der Waals surface area (Å²) < 4.78 is 2.40. The summed E-state index contributed by atoms with van der Waals surface area (Å²) in [6.45, 7) is 5.38. The molecule has 2 nitrogen and oxygen atoms in total. The topological polar surface area (TPSA) is 22.0 Å². The molecule has 0 unspecified atom stereocenters. The SMILES string of the molecule is CCCCCCc1cc(C=O)cc2c3ccccc3n(CC)c12. The van der Waals surface area contributed by atoms with Gasteiger partial charge < -0.3 is 4.57 Å². The molecule has 0 saturated heterocycles. The summed E-state index contributed by atoms with van der Waals surface area (Å²) in [5.41, 5.74) is 4.69. The zero-order valence-electron chi connectivity index (χ0n) is 14.1. The highest BCUT2D eigenvalue weighted by Gasteiger charge is 2.14. The molecule has 120 valence electrons. The van der Waals surface area contributed by atoms with Crippen molar-refractivity contribution in [1.29, 1.82) is 0 Å². The van der Waals surface area contributed by atoms with E-state index in [4.69, 9.17) is 0 Å². The van der Waals surface area contributed by atoms with Gasteiger partial charge in [0.25, 0.3) is 0 Å². The van der Waals surface area contributed by atoms with Gasteiger partial charge in [0.15, 0.2) is 0 Å². The zero-order chi connectivity index (χ0) is 16.2. The predicted octanol–water partition coefficient (Wildman–Crippen LogP) is 5.75. The van der Waals surface area contributed by atoms with E-state index in [9.17, 15) is 4.79 Å². The fourth-order valence-electron chi connectivity index (χ4n) is 3.63. The molecule has 23 heavy (non-hydrogen) atoms. The number of hydrogen-bond donors (Lipinski definition) is 0. The number of aromatic nitrogens is 1. The summed E-state index contributed by atoms with van der Waals surface area (Å²) in [7, 11) is 0. The third kappa shape index (κ3) is 2.90. The molecule has 0 radical (unpaired) electrons. The second kappa shape index (κ2) is 6.99. The van der Waals surface area contributed by atoms with Crippen molar-refractivity contribution in [1.82, 2.24) is 4.57 Å². The molecule has 0 amide bonds. The highest BCUT2D eigenvalue weighted by molar-refractivity contribution is 6.10. The van der Waals surface area contributed by atoms with Crippen LogP contribution in [0.25, 0.3) is 21.8 Å². The molecule has 1 heterocycles. The van der Waals surface area contributed by atoms with Gasteiger partial charge in [0.2, 0.25) is 0 Å². The minimum Gasteiger partial charge on any atom is -0.341 e. The molecular weight excluding hydrogens is 282 g/mol. The molecule has 0 spiro atoms. The van der Waals surface area contributed by atoms with E-state index in [1.807, 2.05) is 6.07 Å². The lowest BCUT2D eigenvalue weighted by molar-refractivity contribution is 0.112. The van der Waals surface area contributed by atoms with Gasteiger partial charge in [-0.15, -0.1) is 0 Å². The highest BCUT2D eigenvalue weighted by atomic mass is 16.1. The third-order valence-electron chi connectivity index (χ3n) is 4.72. The third-order valence-corrected chi connectivity index (χ3v) is 4.72. The van der Waals surface area contributed by atoms with E-state index >= 15 is 0 Å². The molecule has 0 aliphatic carbocycles. The van der Waals surface area contributed by atoms with Crippen LogP contribution in [0.1, 0.15) is 55.5 Å². The summed E-state index contributed by atoms with van der Waals surface area (Å²) in [5.74, 6) is 0. The number of rotatable bonds is 7. The maximum atomic E-state index is 11.4. The van der Waals surface area contributed by atoms with Crippen molar-refractivity contribution in [2.75, 3.05) is 0 Å². The standard InChI is InChI=1S/C21H25NO/c1-3-5-6-7-10-17-13-16(15-23)14-19-18-11-8-9-12-20(18)22(4-2)21(17)19/h8-9,11-15H,3-7,10H2,1-2H3. The lowest BCUT2D eigenvalue weighted by Crippen LogP contribution is -1.98. The van der Waals surface area contributed by atoms with Gasteiger partial charge in [-0.2, -0.15) is 0 Å². The Balaban J connectivity index is 2.18. The molecule has 0 fully saturated rings. The molecule has 2 heteroatoms. The maximum Gasteiger partial charge on any atom is 0.150 e. The maximum absolute atomic E-state index is 11.4. The average molecular weight is 307 g/mol. The Morgan fingerprint density at radius 2 is 1.83 bits per heavy atom. The molecule has 2 aromatic carbocycles. The van der Waals surface area contributed by atoms with Crippen LogP contribution in [-0.2, 0) is 13.0 Å². The number of aryl methyl sites for hydroxylation is 2. The van der Waals surface area contributed by atoms with Gasteiger partial charge in [-0.1, -0.05) is 44.4 Å². The number of unbranched alkanes of at least 4 members (excludes halogenated alkanes) is 3. The minimum atomic E-state index is 0.794. The Kier molecular flexibility index (Phi) is 4.80. The molecule has 0 N–H and O–H groups in total. The fourth-order valence-corrected chi connectivity index (χ4v) is 3.63. The van der Waals surface area contributed by atoms with Gasteiger partial charge >= 0.3 is 0 Å². The van der Waals surface area contributed by atoms with E-state index in [1.54, 1.807) is 0 Å². The second-order valence-electron chi connectivity index (χ2n) is 6.27. The lowest BCUT2D eigenvalue weighted by Gasteiger charge is -2.10. The molecule has 0 atom stereocenters. The van der Waals surface area contributed by atoms with Crippen molar-refractivity contribution in [2.45, 2.75) is 52.5 Å². The van der Waals surface area contributed by atoms with E-state index in [0.29, 0.717) is 0 Å². The van der Waals surface area contributed by atoms with Crippen molar-refractivity contribution in [2.24, 2.45) is 0 Å². The van der Waals surface area contributed by atoms with Crippen LogP contribution in [0.2, 0.25) is 0 Å². The van der Waals surface area contributed by atoms with E-state index in [-0.39, 0.29) is 0 Å². The Hall–Kier alpha value is -2.09. The van der Waals surface area contributed by atoms with Crippen LogP contribution in [0.4, 0.5) is 0 Å². The summed E-state index contributed by atoms with van der Waals surface area (Å²) in [4.78, 5) is 11.4. The van der Waals surface area contributed by atoms with Gasteiger partial charge in [0.1, 0.15) is 6.29 Å². The Labute approximate surface area is 138 Å². The van der Waals surface area contributed by atoms with Gasteiger partial charge in [0.05, 0.1) is 5.52 Å². The van der Waals surface area contributed by atoms with Crippen molar-refractivity contribution >= 4 is 28.1 Å². The summed E-state index contributed by atoms with van der Waals surface area (Å²) in [6, 6.07) is 12.7. The van der Waals surface area contributed by atoms with E-state index in [1.165, 1.54) is 53.1 Å². The van der Waals surface area contributed by atoms with Crippen LogP contribution in [0, 0.1) is 0 Å². The Morgan fingerprint density at radius 1 is 1.00 bits per heavy atom. The molecule has 0 bridgehead atoms. The quantitative estimate of drug-likeness (QED) is 0.402. The largest absolute Gasteiger partial charge is 0.341 e. The molecule has 0 aliphatic heterocycles. The Morgan fingerprint density at radius 3 is 2.57 bits per heavy atom. The number of carbonyl (C=O) groups excluding carboxylic acids is 1. The van der Waals surface area contributed by atoms with E-state index in [0.717, 1.165) is 24.8 Å². The molecular formula is C21H25NO.